The molecule has 0 saturated heterocycles. The fourth-order valence-electron chi connectivity index (χ4n) is 3.80. The molecule has 2 nitrogen and oxygen atoms in total. The molecule has 1 fully saturated rings. The van der Waals surface area contributed by atoms with Gasteiger partial charge in [0.1, 0.15) is 0 Å². The van der Waals surface area contributed by atoms with Gasteiger partial charge in [0.05, 0.1) is 6.10 Å². The van der Waals surface area contributed by atoms with Crippen molar-refractivity contribution in [2.45, 2.75) is 73.3 Å². The average Bonchev–Trinajstić information content (AvgIpc) is 2.14. The molecule has 16 heavy (non-hydrogen) atoms. The Bertz CT molecular complexity index is 218. The lowest BCUT2D eigenvalue weighted by Gasteiger charge is -2.57. The van der Waals surface area contributed by atoms with Crippen LogP contribution in [0.5, 0.6) is 0 Å². The van der Waals surface area contributed by atoms with Gasteiger partial charge in [-0.3, -0.25) is 5.26 Å². The van der Waals surface area contributed by atoms with E-state index in [1.807, 2.05) is 0 Å². The first-order valence-electron chi connectivity index (χ1n) is 6.44. The van der Waals surface area contributed by atoms with E-state index in [9.17, 15) is 0 Å². The van der Waals surface area contributed by atoms with Crippen molar-refractivity contribution >= 4 is 0 Å². The van der Waals surface area contributed by atoms with Crippen LogP contribution in [-0.2, 0) is 4.89 Å². The second kappa shape index (κ2) is 4.30. The molecule has 0 spiro atoms. The summed E-state index contributed by atoms with van der Waals surface area (Å²) in [6.07, 6.45) is 4.37. The SMILES string of the molecule is CC(C)(C)C1(C(C)(C)C)CCCC(OO)C1. The molecule has 2 heteroatoms. The summed E-state index contributed by atoms with van der Waals surface area (Å²) in [4.78, 5) is 4.64. The molecule has 0 aromatic carbocycles. The van der Waals surface area contributed by atoms with Gasteiger partial charge in [-0.25, -0.2) is 4.89 Å². The van der Waals surface area contributed by atoms with Crippen LogP contribution in [0.4, 0.5) is 0 Å². The monoisotopic (exact) mass is 228 g/mol. The third-order valence-electron chi connectivity index (χ3n) is 4.73. The molecule has 96 valence electrons. The Labute approximate surface area is 100 Å². The van der Waals surface area contributed by atoms with E-state index in [0.717, 1.165) is 19.3 Å². The Kier molecular flexibility index (Phi) is 3.76. The van der Waals surface area contributed by atoms with Crippen molar-refractivity contribution in [2.24, 2.45) is 16.2 Å². The third-order valence-corrected chi connectivity index (χ3v) is 4.73. The van der Waals surface area contributed by atoms with Gasteiger partial charge in [-0.15, -0.1) is 0 Å². The largest absolute Gasteiger partial charge is 0.252 e. The molecule has 0 amide bonds. The molecule has 0 aromatic rings. The maximum Gasteiger partial charge on any atom is 0.0933 e. The van der Waals surface area contributed by atoms with Gasteiger partial charge in [-0.05, 0) is 35.5 Å². The summed E-state index contributed by atoms with van der Waals surface area (Å²) >= 11 is 0. The minimum Gasteiger partial charge on any atom is -0.252 e. The molecule has 0 bridgehead atoms. The lowest BCUT2D eigenvalue weighted by Crippen LogP contribution is -2.50. The predicted molar refractivity (Wildman–Crippen MR) is 67.3 cm³/mol. The predicted octanol–water partition coefficient (Wildman–Crippen LogP) is 4.50. The molecular formula is C14H28O2. The van der Waals surface area contributed by atoms with Crippen LogP contribution in [0.1, 0.15) is 67.2 Å². The Morgan fingerprint density at radius 1 is 1.06 bits per heavy atom. The van der Waals surface area contributed by atoms with Gasteiger partial charge >= 0.3 is 0 Å². The smallest absolute Gasteiger partial charge is 0.0933 e. The van der Waals surface area contributed by atoms with E-state index in [4.69, 9.17) is 5.26 Å². The van der Waals surface area contributed by atoms with Crippen LogP contribution < -0.4 is 0 Å². The van der Waals surface area contributed by atoms with Gasteiger partial charge < -0.3 is 0 Å². The van der Waals surface area contributed by atoms with Crippen LogP contribution in [0.2, 0.25) is 0 Å². The highest BCUT2D eigenvalue weighted by molar-refractivity contribution is 5.01. The van der Waals surface area contributed by atoms with Crippen LogP contribution in [0.15, 0.2) is 0 Å². The van der Waals surface area contributed by atoms with E-state index in [-0.39, 0.29) is 22.3 Å². The maximum atomic E-state index is 8.95. The lowest BCUT2D eigenvalue weighted by atomic mass is 9.48. The van der Waals surface area contributed by atoms with E-state index in [2.05, 4.69) is 46.4 Å². The molecule has 1 saturated carbocycles. The molecule has 1 aliphatic carbocycles. The number of hydrogen-bond acceptors (Lipinski definition) is 2. The summed E-state index contributed by atoms with van der Waals surface area (Å²) in [6.45, 7) is 13.9. The van der Waals surface area contributed by atoms with Crippen LogP contribution in [0.25, 0.3) is 0 Å². The molecule has 0 radical (unpaired) electrons. The normalized spacial score (nSPS) is 26.8. The van der Waals surface area contributed by atoms with Crippen LogP contribution in [0, 0.1) is 16.2 Å². The van der Waals surface area contributed by atoms with Gasteiger partial charge in [0.25, 0.3) is 0 Å². The van der Waals surface area contributed by atoms with Crippen molar-refractivity contribution in [1.29, 1.82) is 0 Å². The topological polar surface area (TPSA) is 29.5 Å². The molecule has 0 heterocycles. The van der Waals surface area contributed by atoms with Gasteiger partial charge in [0.2, 0.25) is 0 Å². The lowest BCUT2D eigenvalue weighted by molar-refractivity contribution is -0.299. The summed E-state index contributed by atoms with van der Waals surface area (Å²) in [5.41, 5.74) is 0.719. The molecule has 0 aromatic heterocycles. The Morgan fingerprint density at radius 3 is 1.94 bits per heavy atom. The highest BCUT2D eigenvalue weighted by atomic mass is 17.1. The molecular weight excluding hydrogens is 200 g/mol. The van der Waals surface area contributed by atoms with Crippen molar-refractivity contribution in [3.8, 4) is 0 Å². The van der Waals surface area contributed by atoms with Crippen LogP contribution >= 0.6 is 0 Å². The summed E-state index contributed by atoms with van der Waals surface area (Å²) in [7, 11) is 0. The van der Waals surface area contributed by atoms with E-state index < -0.39 is 0 Å². The number of hydrogen-bond donors (Lipinski definition) is 1. The van der Waals surface area contributed by atoms with Gasteiger partial charge in [0.15, 0.2) is 0 Å². The minimum absolute atomic E-state index is 0.0206. The highest BCUT2D eigenvalue weighted by Crippen LogP contribution is 2.59. The van der Waals surface area contributed by atoms with E-state index in [1.165, 1.54) is 6.42 Å². The first-order chi connectivity index (χ1) is 7.14. The van der Waals surface area contributed by atoms with Crippen molar-refractivity contribution in [1.82, 2.24) is 0 Å². The van der Waals surface area contributed by atoms with E-state index >= 15 is 0 Å². The summed E-state index contributed by atoms with van der Waals surface area (Å²) in [6, 6.07) is 0. The van der Waals surface area contributed by atoms with Crippen molar-refractivity contribution < 1.29 is 10.1 Å². The minimum atomic E-state index is 0.0206. The first-order valence-corrected chi connectivity index (χ1v) is 6.44. The second-order valence-electron chi connectivity index (χ2n) is 7.41. The maximum absolute atomic E-state index is 8.95. The highest BCUT2D eigenvalue weighted by Gasteiger charge is 2.52. The zero-order valence-electron chi connectivity index (χ0n) is 11.8. The molecule has 1 N–H and O–H groups in total. The fourth-order valence-corrected chi connectivity index (χ4v) is 3.80. The quantitative estimate of drug-likeness (QED) is 0.529. The zero-order valence-corrected chi connectivity index (χ0v) is 11.8. The summed E-state index contributed by atoms with van der Waals surface area (Å²) in [5, 5.41) is 8.95. The summed E-state index contributed by atoms with van der Waals surface area (Å²) < 4.78 is 0. The number of rotatable bonds is 1. The average molecular weight is 228 g/mol. The van der Waals surface area contributed by atoms with Crippen molar-refractivity contribution in [3.63, 3.8) is 0 Å². The molecule has 1 rings (SSSR count). The Morgan fingerprint density at radius 2 is 1.56 bits per heavy atom. The first kappa shape index (κ1) is 14.0. The van der Waals surface area contributed by atoms with Crippen molar-refractivity contribution in [3.05, 3.63) is 0 Å². The standard InChI is InChI=1S/C14H28O2/c1-12(2,3)14(13(4,5)6)9-7-8-11(10-14)16-15/h11,15H,7-10H2,1-6H3. The Balaban J connectivity index is 3.06. The van der Waals surface area contributed by atoms with Gasteiger partial charge in [0, 0.05) is 0 Å². The molecule has 1 unspecified atom stereocenters. The Hall–Kier alpha value is -0.0800. The third kappa shape index (κ3) is 2.28. The van der Waals surface area contributed by atoms with E-state index in [1.54, 1.807) is 0 Å². The van der Waals surface area contributed by atoms with Crippen molar-refractivity contribution in [2.75, 3.05) is 0 Å². The van der Waals surface area contributed by atoms with Crippen LogP contribution in [-0.4, -0.2) is 11.4 Å². The fraction of sp³-hybridized carbons (Fsp3) is 1.00. The zero-order chi connectivity index (χ0) is 12.6. The van der Waals surface area contributed by atoms with Crippen LogP contribution in [0.3, 0.4) is 0 Å². The molecule has 1 aliphatic rings. The van der Waals surface area contributed by atoms with Gasteiger partial charge in [-0.1, -0.05) is 48.0 Å². The molecule has 0 aliphatic heterocycles. The summed E-state index contributed by atoms with van der Waals surface area (Å²) in [5.74, 6) is 0. The van der Waals surface area contributed by atoms with Gasteiger partial charge in [-0.2, -0.15) is 0 Å². The molecule has 1 atom stereocenters. The second-order valence-corrected chi connectivity index (χ2v) is 7.41. The van der Waals surface area contributed by atoms with E-state index in [0.29, 0.717) is 0 Å².